The van der Waals surface area contributed by atoms with Gasteiger partial charge in [0.15, 0.2) is 4.90 Å². The Hall–Kier alpha value is -2.06. The summed E-state index contributed by atoms with van der Waals surface area (Å²) in [6.45, 7) is 0.460. The van der Waals surface area contributed by atoms with Crippen LogP contribution in [0.25, 0.3) is 0 Å². The second-order valence-electron chi connectivity index (χ2n) is 7.28. The Morgan fingerprint density at radius 1 is 1.28 bits per heavy atom. The molecule has 29 heavy (non-hydrogen) atoms. The van der Waals surface area contributed by atoms with Gasteiger partial charge in [0.2, 0.25) is 4.91 Å². The van der Waals surface area contributed by atoms with Crippen LogP contribution in [0.5, 0.6) is 0 Å². The van der Waals surface area contributed by atoms with E-state index >= 15 is 0 Å². The minimum absolute atomic E-state index is 0.184. The molecular weight excluding hydrogens is 410 g/mol. The maximum absolute atomic E-state index is 13.1. The van der Waals surface area contributed by atoms with Gasteiger partial charge >= 0.3 is 5.91 Å². The van der Waals surface area contributed by atoms with Gasteiger partial charge in [-0.15, -0.1) is 0 Å². The number of aliphatic hydroxyl groups excluding tert-OH is 1. The van der Waals surface area contributed by atoms with Crippen molar-refractivity contribution in [2.45, 2.75) is 49.3 Å². The first-order valence-corrected chi connectivity index (χ1v) is 11.1. The molecule has 2 heterocycles. The number of carbonyl (C=O) groups is 1. The third-order valence-corrected chi connectivity index (χ3v) is 6.92. The Labute approximate surface area is 177 Å². The van der Waals surface area contributed by atoms with Crippen molar-refractivity contribution in [2.75, 3.05) is 4.90 Å². The number of hydrogen-bond donors (Lipinski definition) is 2. The number of hydrogen-bond acceptors (Lipinski definition) is 5. The van der Waals surface area contributed by atoms with Crippen LogP contribution in [0, 0.1) is 0 Å². The van der Waals surface area contributed by atoms with E-state index in [0.717, 1.165) is 30.5 Å². The predicted octanol–water partition coefficient (Wildman–Crippen LogP) is 3.12. The quantitative estimate of drug-likeness (QED) is 0.573. The molecule has 152 valence electrons. The number of amides is 1. The van der Waals surface area contributed by atoms with Gasteiger partial charge in [-0.25, -0.2) is 4.98 Å². The number of benzene rings is 1. The first-order chi connectivity index (χ1) is 14.0. The third-order valence-electron chi connectivity index (χ3n) is 5.26. The zero-order chi connectivity index (χ0) is 20.4. The Kier molecular flexibility index (Phi) is 6.10. The molecule has 0 saturated heterocycles. The van der Waals surface area contributed by atoms with E-state index in [4.69, 9.17) is 11.6 Å². The summed E-state index contributed by atoms with van der Waals surface area (Å²) in [5, 5.41) is 13.5. The van der Waals surface area contributed by atoms with Crippen LogP contribution >= 0.6 is 11.6 Å². The molecule has 3 atom stereocenters. The number of para-hydroxylation sites is 1. The van der Waals surface area contributed by atoms with Gasteiger partial charge < -0.3 is 19.9 Å². The summed E-state index contributed by atoms with van der Waals surface area (Å²) in [4.78, 5) is 19.7. The minimum Gasteiger partial charge on any atom is -0.606 e. The minimum atomic E-state index is -1.59. The van der Waals surface area contributed by atoms with Crippen LogP contribution in [0.15, 0.2) is 58.6 Å². The Balaban J connectivity index is 1.61. The Morgan fingerprint density at radius 3 is 2.83 bits per heavy atom. The van der Waals surface area contributed by atoms with Gasteiger partial charge in [0.25, 0.3) is 0 Å². The standard InChI is InChI=1S/C21H22ClN3O3S/c22-20-10-9-14(11-23-20)12-25-13-19(29(28)18-8-4-2-6-16(18)25)21(27)24-15-5-1-3-7-17(15)26/h2,4,6,8-11,13,15,17,26H,1,3,5,7,12H2,(H,24,27)/t15-,17-,29?/m0/s1. The van der Waals surface area contributed by atoms with E-state index < -0.39 is 23.2 Å². The number of halogens is 1. The van der Waals surface area contributed by atoms with E-state index in [1.807, 2.05) is 29.2 Å². The molecule has 2 aromatic rings. The van der Waals surface area contributed by atoms with Crippen molar-refractivity contribution >= 4 is 34.4 Å². The maximum Gasteiger partial charge on any atom is 0.301 e. The predicted molar refractivity (Wildman–Crippen MR) is 113 cm³/mol. The number of nitrogens with zero attached hydrogens (tertiary/aromatic N) is 2. The van der Waals surface area contributed by atoms with Crippen molar-refractivity contribution < 1.29 is 14.5 Å². The van der Waals surface area contributed by atoms with Crippen LogP contribution < -0.4 is 10.2 Å². The average Bonchev–Trinajstić information content (AvgIpc) is 2.73. The number of aliphatic hydroxyl groups is 1. The van der Waals surface area contributed by atoms with Crippen LogP contribution in [0.3, 0.4) is 0 Å². The number of carbonyl (C=O) groups excluding carboxylic acids is 1. The fraction of sp³-hybridized carbons (Fsp3) is 0.333. The molecule has 1 aliphatic carbocycles. The summed E-state index contributed by atoms with van der Waals surface area (Å²) in [7, 11) is 0. The molecule has 0 bridgehead atoms. The molecule has 2 N–H and O–H groups in total. The molecule has 8 heteroatoms. The summed E-state index contributed by atoms with van der Waals surface area (Å²) in [5.74, 6) is -0.400. The van der Waals surface area contributed by atoms with E-state index in [9.17, 15) is 14.5 Å². The van der Waals surface area contributed by atoms with Gasteiger partial charge in [0.05, 0.1) is 24.0 Å². The Morgan fingerprint density at radius 2 is 2.07 bits per heavy atom. The first-order valence-electron chi connectivity index (χ1n) is 9.61. The highest BCUT2D eigenvalue weighted by Crippen LogP contribution is 2.36. The Bertz CT molecular complexity index is 922. The molecule has 1 amide bonds. The fourth-order valence-electron chi connectivity index (χ4n) is 3.72. The molecule has 2 aliphatic rings. The highest BCUT2D eigenvalue weighted by molar-refractivity contribution is 7.96. The van der Waals surface area contributed by atoms with Gasteiger partial charge in [0.1, 0.15) is 5.15 Å². The lowest BCUT2D eigenvalue weighted by molar-refractivity contribution is -0.118. The van der Waals surface area contributed by atoms with E-state index in [1.165, 1.54) is 0 Å². The number of rotatable bonds is 4. The molecule has 0 radical (unpaired) electrons. The van der Waals surface area contributed by atoms with E-state index in [2.05, 4.69) is 10.3 Å². The molecule has 1 saturated carbocycles. The second kappa shape index (κ2) is 8.75. The molecule has 1 fully saturated rings. The van der Waals surface area contributed by atoms with Crippen molar-refractivity contribution in [2.24, 2.45) is 0 Å². The SMILES string of the molecule is O=C(N[C@H]1CCCC[C@@H]1O)C1=CN(Cc2ccc(Cl)nc2)c2ccccc2[S+]1[O-]. The lowest BCUT2D eigenvalue weighted by Gasteiger charge is -2.31. The molecule has 1 aromatic heterocycles. The largest absolute Gasteiger partial charge is 0.606 e. The first kappa shape index (κ1) is 20.2. The molecule has 4 rings (SSSR count). The lowest BCUT2D eigenvalue weighted by atomic mass is 9.92. The van der Waals surface area contributed by atoms with Crippen molar-refractivity contribution in [3.05, 3.63) is 64.4 Å². The normalized spacial score (nSPS) is 23.9. The average molecular weight is 432 g/mol. The van der Waals surface area contributed by atoms with E-state index in [-0.39, 0.29) is 10.9 Å². The van der Waals surface area contributed by atoms with Crippen molar-refractivity contribution in [3.8, 4) is 0 Å². The van der Waals surface area contributed by atoms with Gasteiger partial charge in [0, 0.05) is 23.9 Å². The van der Waals surface area contributed by atoms with E-state index in [0.29, 0.717) is 23.0 Å². The number of aromatic nitrogens is 1. The molecule has 6 nitrogen and oxygen atoms in total. The molecular formula is C21H22ClN3O3S. The number of nitrogens with one attached hydrogen (secondary N) is 1. The summed E-state index contributed by atoms with van der Waals surface area (Å²) >= 11 is 4.28. The van der Waals surface area contributed by atoms with Gasteiger partial charge in [-0.1, -0.05) is 42.6 Å². The molecule has 1 unspecified atom stereocenters. The molecule has 1 aromatic carbocycles. The lowest BCUT2D eigenvalue weighted by Crippen LogP contribution is -2.47. The highest BCUT2D eigenvalue weighted by Gasteiger charge is 2.36. The molecule has 1 aliphatic heterocycles. The second-order valence-corrected chi connectivity index (χ2v) is 9.08. The highest BCUT2D eigenvalue weighted by atomic mass is 35.5. The summed E-state index contributed by atoms with van der Waals surface area (Å²) in [6, 6.07) is 10.6. The number of anilines is 1. The van der Waals surface area contributed by atoms with Gasteiger partial charge in [-0.3, -0.25) is 4.79 Å². The monoisotopic (exact) mass is 431 g/mol. The zero-order valence-corrected chi connectivity index (χ0v) is 17.3. The number of pyridine rings is 1. The zero-order valence-electron chi connectivity index (χ0n) is 15.8. The van der Waals surface area contributed by atoms with Crippen LogP contribution in [0.2, 0.25) is 5.15 Å². The van der Waals surface area contributed by atoms with Crippen molar-refractivity contribution in [1.29, 1.82) is 0 Å². The third kappa shape index (κ3) is 4.43. The topological polar surface area (TPSA) is 88.5 Å². The maximum atomic E-state index is 13.1. The summed E-state index contributed by atoms with van der Waals surface area (Å²) in [5.41, 5.74) is 1.70. The van der Waals surface area contributed by atoms with Gasteiger partial charge in [-0.05, 0) is 36.6 Å². The van der Waals surface area contributed by atoms with Crippen LogP contribution in [-0.4, -0.2) is 32.7 Å². The van der Waals surface area contributed by atoms with Crippen LogP contribution in [0.4, 0.5) is 5.69 Å². The van der Waals surface area contributed by atoms with Crippen LogP contribution in [0.1, 0.15) is 31.2 Å². The van der Waals surface area contributed by atoms with Crippen molar-refractivity contribution in [1.82, 2.24) is 10.3 Å². The van der Waals surface area contributed by atoms with Crippen molar-refractivity contribution in [3.63, 3.8) is 0 Å². The van der Waals surface area contributed by atoms with Gasteiger partial charge in [-0.2, -0.15) is 0 Å². The number of fused-ring (bicyclic) bond motifs is 1. The summed E-state index contributed by atoms with van der Waals surface area (Å²) < 4.78 is 13.1. The van der Waals surface area contributed by atoms with E-state index in [1.54, 1.807) is 24.5 Å². The summed E-state index contributed by atoms with van der Waals surface area (Å²) in [6.07, 6.45) is 6.07. The fourth-order valence-corrected chi connectivity index (χ4v) is 5.09. The smallest absolute Gasteiger partial charge is 0.301 e. The molecule has 0 spiro atoms. The van der Waals surface area contributed by atoms with Crippen LogP contribution in [-0.2, 0) is 22.5 Å².